The van der Waals surface area contributed by atoms with Crippen LogP contribution in [0, 0.1) is 0 Å². The second-order valence-electron chi connectivity index (χ2n) is 6.87. The first-order valence-corrected chi connectivity index (χ1v) is 10.4. The molecule has 0 spiro atoms. The van der Waals surface area contributed by atoms with Gasteiger partial charge in [-0.05, 0) is 55.4 Å². The highest BCUT2D eigenvalue weighted by atomic mass is 32.1. The van der Waals surface area contributed by atoms with E-state index in [9.17, 15) is 19.5 Å². The summed E-state index contributed by atoms with van der Waals surface area (Å²) < 4.78 is 10.4. The minimum absolute atomic E-state index is 0.112. The summed E-state index contributed by atoms with van der Waals surface area (Å²) in [5.74, 6) is -1.57. The first-order chi connectivity index (χ1) is 14.4. The third-order valence-electron chi connectivity index (χ3n) is 4.97. The van der Waals surface area contributed by atoms with Crippen molar-refractivity contribution in [1.82, 2.24) is 5.32 Å². The number of carbonyl (C=O) groups excluding carboxylic acids is 2. The number of ether oxygens (including phenoxy) is 2. The van der Waals surface area contributed by atoms with Gasteiger partial charge in [0.05, 0.1) is 19.8 Å². The quantitative estimate of drug-likeness (QED) is 0.580. The highest BCUT2D eigenvalue weighted by Crippen LogP contribution is 2.38. The van der Waals surface area contributed by atoms with E-state index >= 15 is 0 Å². The van der Waals surface area contributed by atoms with Gasteiger partial charge in [-0.25, -0.2) is 4.79 Å². The Labute approximate surface area is 178 Å². The van der Waals surface area contributed by atoms with E-state index in [4.69, 9.17) is 9.47 Å². The number of rotatable bonds is 7. The molecule has 1 aliphatic rings. The topological polar surface area (TPSA) is 114 Å². The Morgan fingerprint density at radius 3 is 2.50 bits per heavy atom. The molecule has 0 saturated heterocycles. The molecule has 1 aromatic heterocycles. The molecule has 0 aliphatic heterocycles. The van der Waals surface area contributed by atoms with Crippen LogP contribution in [0.1, 0.15) is 39.2 Å². The predicted molar refractivity (Wildman–Crippen MR) is 113 cm³/mol. The van der Waals surface area contributed by atoms with Crippen LogP contribution in [0.5, 0.6) is 11.5 Å². The van der Waals surface area contributed by atoms with Crippen LogP contribution in [0.3, 0.4) is 0 Å². The Morgan fingerprint density at radius 2 is 1.80 bits per heavy atom. The number of hydrogen-bond acceptors (Lipinski definition) is 6. The molecule has 3 N–H and O–H groups in total. The van der Waals surface area contributed by atoms with Crippen molar-refractivity contribution < 1.29 is 29.0 Å². The van der Waals surface area contributed by atoms with Gasteiger partial charge < -0.3 is 25.2 Å². The van der Waals surface area contributed by atoms with Gasteiger partial charge in [0.15, 0.2) is 11.5 Å². The van der Waals surface area contributed by atoms with Crippen LogP contribution in [0.25, 0.3) is 0 Å². The van der Waals surface area contributed by atoms with Crippen LogP contribution in [-0.2, 0) is 28.9 Å². The number of carboxylic acid groups (broad SMARTS) is 1. The van der Waals surface area contributed by atoms with Crippen LogP contribution in [0.15, 0.2) is 18.2 Å². The number of nitrogens with one attached hydrogen (secondary N) is 2. The first-order valence-electron chi connectivity index (χ1n) is 9.62. The third-order valence-corrected chi connectivity index (χ3v) is 6.17. The fourth-order valence-electron chi connectivity index (χ4n) is 3.48. The summed E-state index contributed by atoms with van der Waals surface area (Å²) in [4.78, 5) is 37.1. The summed E-state index contributed by atoms with van der Waals surface area (Å²) in [7, 11) is 3.09. The maximum Gasteiger partial charge on any atom is 0.339 e. The van der Waals surface area contributed by atoms with Gasteiger partial charge in [-0.3, -0.25) is 9.59 Å². The van der Waals surface area contributed by atoms with E-state index in [1.807, 2.05) is 6.07 Å². The molecule has 3 rings (SSSR count). The highest BCUT2D eigenvalue weighted by Gasteiger charge is 2.27. The summed E-state index contributed by atoms with van der Waals surface area (Å²) in [5.41, 5.74) is 1.80. The molecule has 0 bridgehead atoms. The number of anilines is 1. The minimum atomic E-state index is -1.08. The van der Waals surface area contributed by atoms with Gasteiger partial charge in [-0.15, -0.1) is 11.3 Å². The zero-order chi connectivity index (χ0) is 21.7. The van der Waals surface area contributed by atoms with E-state index in [2.05, 4.69) is 10.6 Å². The van der Waals surface area contributed by atoms with Crippen molar-refractivity contribution in [2.24, 2.45) is 0 Å². The van der Waals surface area contributed by atoms with E-state index in [0.29, 0.717) is 24.3 Å². The number of aryl methyl sites for hydroxylation is 1. The number of aromatic carboxylic acids is 1. The van der Waals surface area contributed by atoms with E-state index in [1.165, 1.54) is 11.3 Å². The number of benzene rings is 1. The molecule has 2 aromatic rings. The molecular weight excluding hydrogens is 408 g/mol. The Balaban J connectivity index is 1.59. The molecule has 1 aromatic carbocycles. The summed E-state index contributed by atoms with van der Waals surface area (Å²) in [5, 5.41) is 14.8. The van der Waals surface area contributed by atoms with Crippen molar-refractivity contribution in [3.8, 4) is 11.5 Å². The summed E-state index contributed by atoms with van der Waals surface area (Å²) in [6.45, 7) is 0.245. The van der Waals surface area contributed by atoms with Crippen LogP contribution in [0.4, 0.5) is 5.00 Å². The van der Waals surface area contributed by atoms with E-state index in [0.717, 1.165) is 35.3 Å². The van der Waals surface area contributed by atoms with E-state index in [1.54, 1.807) is 26.4 Å². The molecule has 9 heteroatoms. The standard InChI is InChI=1S/C21H24N2O6S/c1-28-14-8-7-12(11-15(14)29-2)9-10-22-18(24)19(25)23-20-17(21(26)27)13-5-3-4-6-16(13)30-20/h7-8,11H,3-6,9-10H2,1-2H3,(H,22,24)(H,23,25)(H,26,27). The molecule has 1 heterocycles. The molecule has 160 valence electrons. The molecule has 30 heavy (non-hydrogen) atoms. The van der Waals surface area contributed by atoms with Gasteiger partial charge in [-0.1, -0.05) is 6.07 Å². The fraction of sp³-hybridized carbons (Fsp3) is 0.381. The summed E-state index contributed by atoms with van der Waals surface area (Å²) in [6.07, 6.45) is 3.90. The zero-order valence-corrected chi connectivity index (χ0v) is 17.7. The SMILES string of the molecule is COc1ccc(CCNC(=O)C(=O)Nc2sc3c(c2C(=O)O)CCCC3)cc1OC. The number of amides is 2. The number of fused-ring (bicyclic) bond motifs is 1. The van der Waals surface area contributed by atoms with Crippen molar-refractivity contribution in [3.05, 3.63) is 39.8 Å². The molecule has 2 amide bonds. The number of hydrogen-bond donors (Lipinski definition) is 3. The molecule has 0 fully saturated rings. The second kappa shape index (κ2) is 9.62. The van der Waals surface area contributed by atoms with Gasteiger partial charge in [0.2, 0.25) is 0 Å². The maximum absolute atomic E-state index is 12.3. The summed E-state index contributed by atoms with van der Waals surface area (Å²) in [6, 6.07) is 5.43. The average Bonchev–Trinajstić information content (AvgIpc) is 3.11. The smallest absolute Gasteiger partial charge is 0.339 e. The molecule has 0 radical (unpaired) electrons. The lowest BCUT2D eigenvalue weighted by Gasteiger charge is -2.11. The van der Waals surface area contributed by atoms with Crippen molar-refractivity contribution >= 4 is 34.1 Å². The Kier molecular flexibility index (Phi) is 6.94. The molecular formula is C21H24N2O6S. The summed E-state index contributed by atoms with van der Waals surface area (Å²) >= 11 is 1.25. The Morgan fingerprint density at radius 1 is 1.07 bits per heavy atom. The lowest BCUT2D eigenvalue weighted by Crippen LogP contribution is -2.36. The number of methoxy groups -OCH3 is 2. The van der Waals surface area contributed by atoms with Crippen molar-refractivity contribution in [2.45, 2.75) is 32.1 Å². The van der Waals surface area contributed by atoms with Crippen LogP contribution >= 0.6 is 11.3 Å². The fourth-order valence-corrected chi connectivity index (χ4v) is 4.75. The van der Waals surface area contributed by atoms with Crippen LogP contribution in [0.2, 0.25) is 0 Å². The van der Waals surface area contributed by atoms with E-state index < -0.39 is 17.8 Å². The number of carbonyl (C=O) groups is 3. The van der Waals surface area contributed by atoms with Gasteiger partial charge in [0.25, 0.3) is 0 Å². The van der Waals surface area contributed by atoms with Gasteiger partial charge in [-0.2, -0.15) is 0 Å². The second-order valence-corrected chi connectivity index (χ2v) is 7.97. The Bertz CT molecular complexity index is 969. The molecule has 0 saturated carbocycles. The number of carboxylic acids is 1. The first kappa shape index (κ1) is 21.6. The molecule has 1 aliphatic carbocycles. The van der Waals surface area contributed by atoms with Gasteiger partial charge >= 0.3 is 17.8 Å². The van der Waals surface area contributed by atoms with Crippen molar-refractivity contribution in [2.75, 3.05) is 26.1 Å². The minimum Gasteiger partial charge on any atom is -0.493 e. The normalized spacial score (nSPS) is 12.6. The van der Waals surface area contributed by atoms with Crippen molar-refractivity contribution in [1.29, 1.82) is 0 Å². The Hall–Kier alpha value is -3.07. The lowest BCUT2D eigenvalue weighted by molar-refractivity contribution is -0.136. The maximum atomic E-state index is 12.3. The molecule has 0 unspecified atom stereocenters. The molecule has 0 atom stereocenters. The van der Waals surface area contributed by atoms with Gasteiger partial charge in [0.1, 0.15) is 5.00 Å². The number of thiophene rings is 1. The highest BCUT2D eigenvalue weighted by molar-refractivity contribution is 7.17. The zero-order valence-electron chi connectivity index (χ0n) is 16.9. The van der Waals surface area contributed by atoms with Crippen LogP contribution in [-0.4, -0.2) is 43.7 Å². The van der Waals surface area contributed by atoms with Crippen molar-refractivity contribution in [3.63, 3.8) is 0 Å². The average molecular weight is 432 g/mol. The lowest BCUT2D eigenvalue weighted by atomic mass is 9.95. The largest absolute Gasteiger partial charge is 0.493 e. The monoisotopic (exact) mass is 432 g/mol. The van der Waals surface area contributed by atoms with Gasteiger partial charge in [0, 0.05) is 11.4 Å². The molecule has 8 nitrogen and oxygen atoms in total. The van der Waals surface area contributed by atoms with Crippen LogP contribution < -0.4 is 20.1 Å². The predicted octanol–water partition coefficient (Wildman–Crippen LogP) is 2.64. The van der Waals surface area contributed by atoms with E-state index in [-0.39, 0.29) is 17.1 Å². The third kappa shape index (κ3) is 4.73.